The van der Waals surface area contributed by atoms with Crippen molar-refractivity contribution in [2.75, 3.05) is 0 Å². The highest BCUT2D eigenvalue weighted by atomic mass is 35.5. The first-order chi connectivity index (χ1) is 11.9. The molecule has 1 aromatic heterocycles. The molecule has 2 aromatic rings. The lowest BCUT2D eigenvalue weighted by atomic mass is 10.3. The lowest BCUT2D eigenvalue weighted by Crippen LogP contribution is -2.33. The zero-order chi connectivity index (χ0) is 17.8. The van der Waals surface area contributed by atoms with Crippen molar-refractivity contribution in [3.8, 4) is 0 Å². The van der Waals surface area contributed by atoms with Crippen LogP contribution in [0.5, 0.6) is 0 Å². The first-order valence-corrected chi connectivity index (χ1v) is 10.6. The van der Waals surface area contributed by atoms with Gasteiger partial charge in [0.2, 0.25) is 10.0 Å². The Balaban J connectivity index is 1.64. The summed E-state index contributed by atoms with van der Waals surface area (Å²) in [6.45, 7) is 2.39. The Morgan fingerprint density at radius 3 is 2.36 bits per heavy atom. The van der Waals surface area contributed by atoms with E-state index in [4.69, 9.17) is 27.6 Å². The van der Waals surface area contributed by atoms with E-state index in [2.05, 4.69) is 6.92 Å². The number of benzene rings is 1. The highest BCUT2D eigenvalue weighted by Gasteiger charge is 2.41. The van der Waals surface area contributed by atoms with E-state index >= 15 is 0 Å². The highest BCUT2D eigenvalue weighted by molar-refractivity contribution is 7.89. The first-order valence-electron chi connectivity index (χ1n) is 8.42. The molecular formula is C18H19Cl2NO3S. The van der Waals surface area contributed by atoms with Gasteiger partial charge in [-0.05, 0) is 49.4 Å². The van der Waals surface area contributed by atoms with E-state index in [9.17, 15) is 8.42 Å². The Labute approximate surface area is 157 Å². The summed E-state index contributed by atoms with van der Waals surface area (Å²) in [6.07, 6.45) is 2.82. The predicted molar refractivity (Wildman–Crippen MR) is 97.4 cm³/mol. The molecule has 134 valence electrons. The van der Waals surface area contributed by atoms with E-state index < -0.39 is 10.0 Å². The molecule has 4 nitrogen and oxygen atoms in total. The van der Waals surface area contributed by atoms with Crippen LogP contribution in [0.25, 0.3) is 0 Å². The van der Waals surface area contributed by atoms with Gasteiger partial charge in [0.15, 0.2) is 0 Å². The van der Waals surface area contributed by atoms with Crippen LogP contribution in [0.4, 0.5) is 0 Å². The fourth-order valence-electron chi connectivity index (χ4n) is 3.17. The molecule has 0 amide bonds. The van der Waals surface area contributed by atoms with Gasteiger partial charge in [-0.1, -0.05) is 36.2 Å². The van der Waals surface area contributed by atoms with Gasteiger partial charge in [-0.25, -0.2) is 8.42 Å². The van der Waals surface area contributed by atoms with Gasteiger partial charge in [0, 0.05) is 12.0 Å². The summed E-state index contributed by atoms with van der Waals surface area (Å²) in [5.41, 5.74) is 0. The second kappa shape index (κ2) is 6.31. The third kappa shape index (κ3) is 3.35. The summed E-state index contributed by atoms with van der Waals surface area (Å²) in [4.78, 5) is -0.0205. The molecule has 25 heavy (non-hydrogen) atoms. The fourth-order valence-corrected chi connectivity index (χ4v) is 5.92. The normalized spacial score (nSPS) is 23.2. The SMILES string of the molecule is C[C@@H]1C[C@@H]1c1ccc(CN(C2CC2)S(=O)(=O)c2c(Cl)cccc2Cl)o1. The third-order valence-electron chi connectivity index (χ3n) is 4.91. The minimum Gasteiger partial charge on any atom is -0.464 e. The lowest BCUT2D eigenvalue weighted by Gasteiger charge is -2.22. The summed E-state index contributed by atoms with van der Waals surface area (Å²) in [5, 5.41) is 0.287. The second-order valence-electron chi connectivity index (χ2n) is 6.96. The molecule has 1 aromatic carbocycles. The van der Waals surface area contributed by atoms with Crippen LogP contribution in [0.1, 0.15) is 43.6 Å². The maximum Gasteiger partial charge on any atom is 0.246 e. The van der Waals surface area contributed by atoms with Crippen LogP contribution in [-0.4, -0.2) is 18.8 Å². The van der Waals surface area contributed by atoms with Crippen LogP contribution in [0, 0.1) is 5.92 Å². The van der Waals surface area contributed by atoms with Crippen molar-refractivity contribution in [2.45, 2.75) is 49.6 Å². The Bertz CT molecular complexity index is 885. The summed E-state index contributed by atoms with van der Waals surface area (Å²) < 4.78 is 33.7. The van der Waals surface area contributed by atoms with Crippen molar-refractivity contribution in [3.05, 3.63) is 51.9 Å². The Hall–Kier alpha value is -1.01. The number of rotatable bonds is 6. The minimum absolute atomic E-state index is 0.0205. The molecule has 0 N–H and O–H groups in total. The molecule has 2 aliphatic carbocycles. The maximum atomic E-state index is 13.2. The molecule has 2 atom stereocenters. The summed E-state index contributed by atoms with van der Waals surface area (Å²) in [5.74, 6) is 2.72. The number of furan rings is 1. The first kappa shape index (κ1) is 17.4. The molecule has 0 radical (unpaired) electrons. The zero-order valence-corrected chi connectivity index (χ0v) is 16.1. The second-order valence-corrected chi connectivity index (χ2v) is 9.60. The van der Waals surface area contributed by atoms with Gasteiger partial charge in [0.05, 0.1) is 16.6 Å². The molecule has 2 fully saturated rings. The van der Waals surface area contributed by atoms with Gasteiger partial charge < -0.3 is 4.42 Å². The van der Waals surface area contributed by atoms with Gasteiger partial charge in [-0.3, -0.25) is 0 Å². The highest BCUT2D eigenvalue weighted by Crippen LogP contribution is 2.47. The minimum atomic E-state index is -3.79. The van der Waals surface area contributed by atoms with E-state index in [1.54, 1.807) is 18.2 Å². The average molecular weight is 400 g/mol. The van der Waals surface area contributed by atoms with E-state index in [0.29, 0.717) is 17.6 Å². The molecule has 0 bridgehead atoms. The van der Waals surface area contributed by atoms with E-state index in [0.717, 1.165) is 25.0 Å². The average Bonchev–Trinajstić information content (AvgIpc) is 3.45. The largest absolute Gasteiger partial charge is 0.464 e. The van der Waals surface area contributed by atoms with E-state index in [1.807, 2.05) is 12.1 Å². The van der Waals surface area contributed by atoms with Gasteiger partial charge >= 0.3 is 0 Å². The summed E-state index contributed by atoms with van der Waals surface area (Å²) in [6, 6.07) is 8.55. The number of sulfonamides is 1. The molecule has 4 rings (SSSR count). The van der Waals surface area contributed by atoms with Crippen molar-refractivity contribution in [2.24, 2.45) is 5.92 Å². The number of hydrogen-bond donors (Lipinski definition) is 0. The summed E-state index contributed by atoms with van der Waals surface area (Å²) in [7, 11) is -3.79. The number of halogens is 2. The monoisotopic (exact) mass is 399 g/mol. The maximum absolute atomic E-state index is 13.2. The standard InChI is InChI=1S/C18H19Cl2NO3S/c1-11-9-14(11)17-8-7-13(24-17)10-21(12-5-6-12)25(22,23)18-15(19)3-2-4-16(18)20/h2-4,7-8,11-12,14H,5-6,9-10H2,1H3/t11-,14+/m1/s1. The number of nitrogens with zero attached hydrogens (tertiary/aromatic N) is 1. The van der Waals surface area contributed by atoms with Crippen LogP contribution in [-0.2, 0) is 16.6 Å². The molecule has 7 heteroatoms. The van der Waals surface area contributed by atoms with Crippen molar-refractivity contribution in [3.63, 3.8) is 0 Å². The smallest absolute Gasteiger partial charge is 0.246 e. The molecule has 1 heterocycles. The fraction of sp³-hybridized carbons (Fsp3) is 0.444. The Morgan fingerprint density at radius 1 is 1.16 bits per heavy atom. The molecule has 2 saturated carbocycles. The van der Waals surface area contributed by atoms with Gasteiger partial charge in [-0.15, -0.1) is 0 Å². The number of hydrogen-bond acceptors (Lipinski definition) is 3. The van der Waals surface area contributed by atoms with Crippen molar-refractivity contribution >= 4 is 33.2 Å². The lowest BCUT2D eigenvalue weighted by molar-refractivity contribution is 0.348. The van der Waals surface area contributed by atoms with Crippen molar-refractivity contribution in [1.29, 1.82) is 0 Å². The molecular weight excluding hydrogens is 381 g/mol. The molecule has 0 spiro atoms. The molecule has 0 unspecified atom stereocenters. The summed E-state index contributed by atoms with van der Waals surface area (Å²) >= 11 is 12.3. The molecule has 0 saturated heterocycles. The molecule has 0 aliphatic heterocycles. The Kier molecular flexibility index (Phi) is 4.39. The van der Waals surface area contributed by atoms with Crippen LogP contribution >= 0.6 is 23.2 Å². The van der Waals surface area contributed by atoms with Gasteiger partial charge in [0.1, 0.15) is 16.4 Å². The van der Waals surface area contributed by atoms with Crippen LogP contribution in [0.15, 0.2) is 39.6 Å². The zero-order valence-electron chi connectivity index (χ0n) is 13.8. The van der Waals surface area contributed by atoms with Crippen LogP contribution < -0.4 is 0 Å². The van der Waals surface area contributed by atoms with Gasteiger partial charge in [0.25, 0.3) is 0 Å². The van der Waals surface area contributed by atoms with E-state index in [1.165, 1.54) is 4.31 Å². The van der Waals surface area contributed by atoms with Gasteiger partial charge in [-0.2, -0.15) is 4.31 Å². The van der Waals surface area contributed by atoms with Crippen molar-refractivity contribution < 1.29 is 12.8 Å². The van der Waals surface area contributed by atoms with Crippen LogP contribution in [0.2, 0.25) is 10.0 Å². The topological polar surface area (TPSA) is 50.5 Å². The molecule has 2 aliphatic rings. The Morgan fingerprint density at radius 2 is 1.80 bits per heavy atom. The third-order valence-corrected chi connectivity index (χ3v) is 7.76. The van der Waals surface area contributed by atoms with Crippen LogP contribution in [0.3, 0.4) is 0 Å². The van der Waals surface area contributed by atoms with E-state index in [-0.39, 0.29) is 27.5 Å². The van der Waals surface area contributed by atoms with Crippen molar-refractivity contribution in [1.82, 2.24) is 4.31 Å². The predicted octanol–water partition coefficient (Wildman–Crippen LogP) is 5.06. The quantitative estimate of drug-likeness (QED) is 0.681.